The normalized spacial score (nSPS) is 22.6. The van der Waals surface area contributed by atoms with Gasteiger partial charge in [-0.25, -0.2) is 0 Å². The van der Waals surface area contributed by atoms with Gasteiger partial charge in [0.15, 0.2) is 0 Å². The summed E-state index contributed by atoms with van der Waals surface area (Å²) in [6.07, 6.45) is 2.49. The molecule has 0 radical (unpaired) electrons. The third kappa shape index (κ3) is 2.86. The summed E-state index contributed by atoms with van der Waals surface area (Å²) in [5.74, 6) is 0.214. The second-order valence-corrected chi connectivity index (χ2v) is 5.77. The van der Waals surface area contributed by atoms with E-state index in [0.29, 0.717) is 19.1 Å². The zero-order chi connectivity index (χ0) is 13.9. The van der Waals surface area contributed by atoms with E-state index in [1.165, 1.54) is 11.1 Å². The van der Waals surface area contributed by atoms with Crippen molar-refractivity contribution in [2.45, 2.75) is 31.3 Å². The number of amides is 1. The van der Waals surface area contributed by atoms with Crippen LogP contribution < -0.4 is 5.32 Å². The highest BCUT2D eigenvalue weighted by molar-refractivity contribution is 5.77. The summed E-state index contributed by atoms with van der Waals surface area (Å²) in [6.45, 7) is 2.24. The number of morpholine rings is 1. The van der Waals surface area contributed by atoms with E-state index < -0.39 is 0 Å². The molecule has 0 bridgehead atoms. The van der Waals surface area contributed by atoms with Gasteiger partial charge in [-0.05, 0) is 24.0 Å². The quantitative estimate of drug-likeness (QED) is 0.894. The minimum atomic E-state index is 0.169. The van der Waals surface area contributed by atoms with Gasteiger partial charge in [0.05, 0.1) is 13.2 Å². The van der Waals surface area contributed by atoms with Gasteiger partial charge in [0.25, 0.3) is 0 Å². The highest BCUT2D eigenvalue weighted by Crippen LogP contribution is 2.25. The molecule has 0 saturated carbocycles. The van der Waals surface area contributed by atoms with Crippen LogP contribution in [0.1, 0.15) is 17.5 Å². The molecule has 1 aromatic carbocycles. The molecule has 1 heterocycles. The Morgan fingerprint density at radius 2 is 2.05 bits per heavy atom. The van der Waals surface area contributed by atoms with Gasteiger partial charge in [-0.1, -0.05) is 24.3 Å². The van der Waals surface area contributed by atoms with Crippen molar-refractivity contribution in [2.75, 3.05) is 26.8 Å². The molecule has 1 aliphatic carbocycles. The number of carbonyl (C=O) groups is 1. The number of likely N-dealkylation sites (N-methyl/N-ethyl adjacent to an activating group) is 1. The van der Waals surface area contributed by atoms with Gasteiger partial charge >= 0.3 is 0 Å². The van der Waals surface area contributed by atoms with Crippen molar-refractivity contribution in [3.8, 4) is 0 Å². The van der Waals surface area contributed by atoms with Crippen molar-refractivity contribution in [2.24, 2.45) is 0 Å². The molecule has 108 valence electrons. The maximum atomic E-state index is 12.4. The minimum absolute atomic E-state index is 0.169. The highest BCUT2D eigenvalue weighted by Gasteiger charge is 2.28. The Bertz CT molecular complexity index is 458. The van der Waals surface area contributed by atoms with Gasteiger partial charge in [-0.2, -0.15) is 0 Å². The SMILES string of the molecule is CN(C(=O)CC1COCCN1)C1Cc2ccccc2C1. The van der Waals surface area contributed by atoms with Crippen LogP contribution in [0.4, 0.5) is 0 Å². The number of hydrogen-bond acceptors (Lipinski definition) is 3. The fourth-order valence-corrected chi connectivity index (χ4v) is 3.12. The van der Waals surface area contributed by atoms with E-state index in [9.17, 15) is 4.79 Å². The van der Waals surface area contributed by atoms with Crippen molar-refractivity contribution in [3.05, 3.63) is 35.4 Å². The Morgan fingerprint density at radius 1 is 1.35 bits per heavy atom. The minimum Gasteiger partial charge on any atom is -0.378 e. The van der Waals surface area contributed by atoms with E-state index in [1.54, 1.807) is 0 Å². The van der Waals surface area contributed by atoms with Gasteiger partial charge in [-0.3, -0.25) is 4.79 Å². The van der Waals surface area contributed by atoms with Crippen LogP contribution in [0.5, 0.6) is 0 Å². The number of rotatable bonds is 3. The number of ether oxygens (including phenoxy) is 1. The zero-order valence-corrected chi connectivity index (χ0v) is 12.0. The molecule has 1 aromatic rings. The topological polar surface area (TPSA) is 41.6 Å². The van der Waals surface area contributed by atoms with Crippen LogP contribution in [-0.4, -0.2) is 49.7 Å². The van der Waals surface area contributed by atoms with Crippen molar-refractivity contribution >= 4 is 5.91 Å². The van der Waals surface area contributed by atoms with Gasteiger partial charge in [0, 0.05) is 32.1 Å². The largest absolute Gasteiger partial charge is 0.378 e. The van der Waals surface area contributed by atoms with Crippen LogP contribution in [0, 0.1) is 0 Å². The summed E-state index contributed by atoms with van der Waals surface area (Å²) in [5, 5.41) is 3.34. The summed E-state index contributed by atoms with van der Waals surface area (Å²) < 4.78 is 5.41. The van der Waals surface area contributed by atoms with Gasteiger partial charge in [0.1, 0.15) is 0 Å². The lowest BCUT2D eigenvalue weighted by atomic mass is 10.1. The van der Waals surface area contributed by atoms with Crippen molar-refractivity contribution in [3.63, 3.8) is 0 Å². The molecule has 4 heteroatoms. The maximum absolute atomic E-state index is 12.4. The lowest BCUT2D eigenvalue weighted by molar-refractivity contribution is -0.133. The second kappa shape index (κ2) is 5.94. The van der Waals surface area contributed by atoms with Crippen molar-refractivity contribution < 1.29 is 9.53 Å². The number of benzene rings is 1. The molecule has 2 aliphatic rings. The third-order valence-corrected chi connectivity index (χ3v) is 4.39. The molecule has 1 unspecified atom stereocenters. The van der Waals surface area contributed by atoms with E-state index >= 15 is 0 Å². The molecule has 1 aliphatic heterocycles. The van der Waals surface area contributed by atoms with Gasteiger partial charge in [-0.15, -0.1) is 0 Å². The van der Waals surface area contributed by atoms with Crippen LogP contribution in [-0.2, 0) is 22.4 Å². The Morgan fingerprint density at radius 3 is 2.65 bits per heavy atom. The summed E-state index contributed by atoms with van der Waals surface area (Å²) in [7, 11) is 1.93. The zero-order valence-electron chi connectivity index (χ0n) is 12.0. The van der Waals surface area contributed by atoms with Crippen LogP contribution in [0.15, 0.2) is 24.3 Å². The molecule has 1 amide bonds. The molecule has 1 atom stereocenters. The summed E-state index contributed by atoms with van der Waals surface area (Å²) in [4.78, 5) is 14.3. The Labute approximate surface area is 120 Å². The summed E-state index contributed by atoms with van der Waals surface area (Å²) >= 11 is 0. The number of nitrogens with zero attached hydrogens (tertiary/aromatic N) is 1. The first kappa shape index (κ1) is 13.6. The Balaban J connectivity index is 1.56. The summed E-state index contributed by atoms with van der Waals surface area (Å²) in [5.41, 5.74) is 2.77. The fourth-order valence-electron chi connectivity index (χ4n) is 3.12. The first-order valence-electron chi connectivity index (χ1n) is 7.37. The van der Waals surface area contributed by atoms with Crippen molar-refractivity contribution in [1.82, 2.24) is 10.2 Å². The van der Waals surface area contributed by atoms with E-state index in [1.807, 2.05) is 11.9 Å². The second-order valence-electron chi connectivity index (χ2n) is 5.77. The van der Waals surface area contributed by atoms with Crippen LogP contribution in [0.2, 0.25) is 0 Å². The molecule has 4 nitrogen and oxygen atoms in total. The average molecular weight is 274 g/mol. The molecular weight excluding hydrogens is 252 g/mol. The predicted molar refractivity (Wildman–Crippen MR) is 77.6 cm³/mol. The molecule has 0 aromatic heterocycles. The number of fused-ring (bicyclic) bond motifs is 1. The molecule has 1 fully saturated rings. The molecule has 1 N–H and O–H groups in total. The first-order chi connectivity index (χ1) is 9.74. The first-order valence-corrected chi connectivity index (χ1v) is 7.37. The predicted octanol–water partition coefficient (Wildman–Crippen LogP) is 0.991. The summed E-state index contributed by atoms with van der Waals surface area (Å²) in [6, 6.07) is 8.97. The molecule has 3 rings (SSSR count). The Hall–Kier alpha value is -1.39. The maximum Gasteiger partial charge on any atom is 0.224 e. The number of hydrogen-bond donors (Lipinski definition) is 1. The highest BCUT2D eigenvalue weighted by atomic mass is 16.5. The van der Waals surface area contributed by atoms with Crippen LogP contribution in [0.3, 0.4) is 0 Å². The van der Waals surface area contributed by atoms with Crippen LogP contribution >= 0.6 is 0 Å². The monoisotopic (exact) mass is 274 g/mol. The standard InChI is InChI=1S/C16H22N2O2/c1-18(16(19)10-14-11-20-7-6-17-14)15-8-12-4-2-3-5-13(12)9-15/h2-5,14-15,17H,6-11H2,1H3. The van der Waals surface area contributed by atoms with E-state index in [-0.39, 0.29) is 11.9 Å². The van der Waals surface area contributed by atoms with Crippen molar-refractivity contribution in [1.29, 1.82) is 0 Å². The average Bonchev–Trinajstić information content (AvgIpc) is 2.91. The van der Waals surface area contributed by atoms with Gasteiger partial charge in [0.2, 0.25) is 5.91 Å². The molecular formula is C16H22N2O2. The fraction of sp³-hybridized carbons (Fsp3) is 0.562. The molecule has 1 saturated heterocycles. The van der Waals surface area contributed by atoms with E-state index in [4.69, 9.17) is 4.74 Å². The van der Waals surface area contributed by atoms with Crippen LogP contribution in [0.25, 0.3) is 0 Å². The lowest BCUT2D eigenvalue weighted by Gasteiger charge is -2.28. The smallest absolute Gasteiger partial charge is 0.224 e. The number of nitrogens with one attached hydrogen (secondary N) is 1. The van der Waals surface area contributed by atoms with Gasteiger partial charge < -0.3 is 15.0 Å². The number of carbonyl (C=O) groups excluding carboxylic acids is 1. The molecule has 0 spiro atoms. The van der Waals surface area contributed by atoms with E-state index in [0.717, 1.165) is 26.0 Å². The third-order valence-electron chi connectivity index (χ3n) is 4.39. The van der Waals surface area contributed by atoms with E-state index in [2.05, 4.69) is 29.6 Å². The Kier molecular flexibility index (Phi) is 4.03. The lowest BCUT2D eigenvalue weighted by Crippen LogP contribution is -2.46. The molecule has 20 heavy (non-hydrogen) atoms.